The molecule has 0 aliphatic heterocycles. The van der Waals surface area contributed by atoms with Crippen molar-refractivity contribution in [1.29, 1.82) is 5.26 Å². The van der Waals surface area contributed by atoms with Crippen molar-refractivity contribution in [1.82, 2.24) is 0 Å². The van der Waals surface area contributed by atoms with Crippen LogP contribution >= 0.6 is 39.1 Å². The van der Waals surface area contributed by atoms with Crippen LogP contribution in [0.5, 0.6) is 0 Å². The molecule has 0 aliphatic rings. The molecule has 2 rings (SSSR count). The summed E-state index contributed by atoms with van der Waals surface area (Å²) in [5.74, 6) is -0.551. The minimum Gasteiger partial charge on any atom is -0.359 e. The first kappa shape index (κ1) is 17.4. The van der Waals surface area contributed by atoms with Gasteiger partial charge in [0.25, 0.3) is 5.91 Å². The zero-order valence-corrected chi connectivity index (χ0v) is 14.7. The van der Waals surface area contributed by atoms with Gasteiger partial charge < -0.3 is 10.6 Å². The van der Waals surface area contributed by atoms with Crippen LogP contribution in [0.15, 0.2) is 58.7 Å². The third-order valence-corrected chi connectivity index (χ3v) is 4.22. The fraction of sp³-hybridized carbons (Fsp3) is 0. The summed E-state index contributed by atoms with van der Waals surface area (Å²) in [5, 5.41) is 15.3. The molecule has 0 radical (unpaired) electrons. The smallest absolute Gasteiger partial charge is 0.267 e. The molecule has 0 unspecified atom stereocenters. The number of halogens is 3. The molecule has 2 aromatic rings. The minimum absolute atomic E-state index is 0.0770. The fourth-order valence-electron chi connectivity index (χ4n) is 1.65. The Balaban J connectivity index is 2.12. The summed E-state index contributed by atoms with van der Waals surface area (Å²) in [6, 6.07) is 13.9. The lowest BCUT2D eigenvalue weighted by Gasteiger charge is -2.07. The summed E-state index contributed by atoms with van der Waals surface area (Å²) in [4.78, 5) is 12.1. The maximum absolute atomic E-state index is 12.1. The molecule has 116 valence electrons. The largest absolute Gasteiger partial charge is 0.359 e. The number of hydrogen-bond donors (Lipinski definition) is 2. The van der Waals surface area contributed by atoms with Gasteiger partial charge in [0.2, 0.25) is 0 Å². The van der Waals surface area contributed by atoms with Crippen molar-refractivity contribution in [3.8, 4) is 6.07 Å². The Morgan fingerprint density at radius 3 is 2.57 bits per heavy atom. The van der Waals surface area contributed by atoms with Crippen LogP contribution in [0.2, 0.25) is 10.0 Å². The molecule has 0 saturated carbocycles. The first-order chi connectivity index (χ1) is 11.0. The van der Waals surface area contributed by atoms with Crippen molar-refractivity contribution in [2.75, 3.05) is 10.6 Å². The van der Waals surface area contributed by atoms with Gasteiger partial charge in [-0.15, -0.1) is 0 Å². The minimum atomic E-state index is -0.551. The first-order valence-corrected chi connectivity index (χ1v) is 7.94. The van der Waals surface area contributed by atoms with Gasteiger partial charge in [0, 0.05) is 16.4 Å². The summed E-state index contributed by atoms with van der Waals surface area (Å²) in [6.07, 6.45) is 1.34. The number of carbonyl (C=O) groups is 1. The summed E-state index contributed by atoms with van der Waals surface area (Å²) < 4.78 is 0.818. The van der Waals surface area contributed by atoms with E-state index in [4.69, 9.17) is 28.5 Å². The maximum atomic E-state index is 12.1. The molecule has 0 aromatic heterocycles. The number of nitrogens with one attached hydrogen (secondary N) is 2. The quantitative estimate of drug-likeness (QED) is 0.536. The molecule has 0 fully saturated rings. The Morgan fingerprint density at radius 1 is 1.17 bits per heavy atom. The number of anilines is 2. The van der Waals surface area contributed by atoms with E-state index in [-0.39, 0.29) is 5.57 Å². The van der Waals surface area contributed by atoms with E-state index < -0.39 is 5.91 Å². The van der Waals surface area contributed by atoms with Gasteiger partial charge in [0.15, 0.2) is 0 Å². The average Bonchev–Trinajstić information content (AvgIpc) is 2.53. The van der Waals surface area contributed by atoms with Gasteiger partial charge in [-0.1, -0.05) is 35.3 Å². The van der Waals surface area contributed by atoms with Gasteiger partial charge in [-0.05, 0) is 46.3 Å². The monoisotopic (exact) mass is 409 g/mol. The molecule has 23 heavy (non-hydrogen) atoms. The van der Waals surface area contributed by atoms with E-state index >= 15 is 0 Å². The van der Waals surface area contributed by atoms with Crippen LogP contribution in [0, 0.1) is 11.3 Å². The van der Waals surface area contributed by atoms with E-state index in [9.17, 15) is 4.79 Å². The second kappa shape index (κ2) is 8.02. The summed E-state index contributed by atoms with van der Waals surface area (Å²) in [6.45, 7) is 0. The molecule has 0 spiro atoms. The number of hydrogen-bond acceptors (Lipinski definition) is 3. The lowest BCUT2D eigenvalue weighted by Crippen LogP contribution is -2.14. The maximum Gasteiger partial charge on any atom is 0.267 e. The molecule has 1 amide bonds. The highest BCUT2D eigenvalue weighted by Crippen LogP contribution is 2.25. The average molecular weight is 411 g/mol. The van der Waals surface area contributed by atoms with Crippen LogP contribution in [0.25, 0.3) is 0 Å². The predicted octanol–water partition coefficient (Wildman–Crippen LogP) is 5.21. The number of amides is 1. The first-order valence-electron chi connectivity index (χ1n) is 6.39. The lowest BCUT2D eigenvalue weighted by atomic mass is 10.2. The van der Waals surface area contributed by atoms with Crippen LogP contribution in [0.1, 0.15) is 0 Å². The standard InChI is InChI=1S/C16H10BrCl2N3O/c17-12-3-1-2-4-15(12)21-9-10(8-20)16(23)22-11-5-6-13(18)14(19)7-11/h1-7,9,21H,(H,22,23)/b10-9-. The van der Waals surface area contributed by atoms with Crippen molar-refractivity contribution >= 4 is 56.4 Å². The molecular weight excluding hydrogens is 401 g/mol. The number of rotatable bonds is 4. The molecule has 2 aromatic carbocycles. The molecule has 0 heterocycles. The van der Waals surface area contributed by atoms with Gasteiger partial charge in [0.05, 0.1) is 15.7 Å². The van der Waals surface area contributed by atoms with Gasteiger partial charge >= 0.3 is 0 Å². The number of nitrogens with zero attached hydrogens (tertiary/aromatic N) is 1. The third kappa shape index (κ3) is 4.73. The van der Waals surface area contributed by atoms with E-state index in [1.165, 1.54) is 12.3 Å². The molecule has 0 bridgehead atoms. The number of para-hydroxylation sites is 1. The molecule has 0 aliphatic carbocycles. The van der Waals surface area contributed by atoms with Crippen LogP contribution in [-0.4, -0.2) is 5.91 Å². The van der Waals surface area contributed by atoms with Crippen molar-refractivity contribution < 1.29 is 4.79 Å². The predicted molar refractivity (Wildman–Crippen MR) is 96.6 cm³/mol. The van der Waals surface area contributed by atoms with Gasteiger partial charge in [-0.25, -0.2) is 0 Å². The third-order valence-electron chi connectivity index (χ3n) is 2.79. The number of carbonyl (C=O) groups excluding carboxylic acids is 1. The van der Waals surface area contributed by atoms with Crippen LogP contribution < -0.4 is 10.6 Å². The zero-order valence-electron chi connectivity index (χ0n) is 11.6. The van der Waals surface area contributed by atoms with Crippen LogP contribution in [0.4, 0.5) is 11.4 Å². The Bertz CT molecular complexity index is 815. The van der Waals surface area contributed by atoms with Gasteiger partial charge in [-0.2, -0.15) is 5.26 Å². The lowest BCUT2D eigenvalue weighted by molar-refractivity contribution is -0.112. The van der Waals surface area contributed by atoms with E-state index in [0.29, 0.717) is 15.7 Å². The van der Waals surface area contributed by atoms with E-state index in [1.807, 2.05) is 30.3 Å². The second-order valence-electron chi connectivity index (χ2n) is 4.38. The molecular formula is C16H10BrCl2N3O. The second-order valence-corrected chi connectivity index (χ2v) is 6.05. The highest BCUT2D eigenvalue weighted by atomic mass is 79.9. The van der Waals surface area contributed by atoms with Crippen molar-refractivity contribution in [3.05, 3.63) is 68.8 Å². The highest BCUT2D eigenvalue weighted by molar-refractivity contribution is 9.10. The normalized spacial score (nSPS) is 10.8. The summed E-state index contributed by atoms with van der Waals surface area (Å²) in [7, 11) is 0. The SMILES string of the molecule is N#C/C(=C/Nc1ccccc1Br)C(=O)Nc1ccc(Cl)c(Cl)c1. The Kier molecular flexibility index (Phi) is 6.05. The Hall–Kier alpha value is -2.00. The zero-order chi connectivity index (χ0) is 16.8. The molecule has 0 atom stereocenters. The van der Waals surface area contributed by atoms with Crippen molar-refractivity contribution in [2.45, 2.75) is 0 Å². The highest BCUT2D eigenvalue weighted by Gasteiger charge is 2.10. The molecule has 0 saturated heterocycles. The Labute approximate surface area is 151 Å². The molecule has 7 heteroatoms. The fourth-order valence-corrected chi connectivity index (χ4v) is 2.35. The van der Waals surface area contributed by atoms with E-state index in [1.54, 1.807) is 12.1 Å². The number of nitriles is 1. The topological polar surface area (TPSA) is 64.9 Å². The van der Waals surface area contributed by atoms with Crippen LogP contribution in [-0.2, 0) is 4.79 Å². The summed E-state index contributed by atoms with van der Waals surface area (Å²) in [5.41, 5.74) is 1.11. The van der Waals surface area contributed by atoms with Crippen molar-refractivity contribution in [2.24, 2.45) is 0 Å². The molecule has 2 N–H and O–H groups in total. The van der Waals surface area contributed by atoms with E-state index in [0.717, 1.165) is 10.2 Å². The van der Waals surface area contributed by atoms with Gasteiger partial charge in [0.1, 0.15) is 11.6 Å². The van der Waals surface area contributed by atoms with E-state index in [2.05, 4.69) is 26.6 Å². The van der Waals surface area contributed by atoms with Crippen LogP contribution in [0.3, 0.4) is 0 Å². The number of benzene rings is 2. The molecule has 4 nitrogen and oxygen atoms in total. The van der Waals surface area contributed by atoms with Crippen molar-refractivity contribution in [3.63, 3.8) is 0 Å². The van der Waals surface area contributed by atoms with Gasteiger partial charge in [-0.3, -0.25) is 4.79 Å². The Morgan fingerprint density at radius 2 is 1.91 bits per heavy atom. The summed E-state index contributed by atoms with van der Waals surface area (Å²) >= 11 is 15.1.